The maximum Gasteiger partial charge on any atom is 0.234 e. The molecular weight excluding hydrogens is 378 g/mol. The second-order valence-electron chi connectivity index (χ2n) is 8.00. The number of aromatic hydroxyl groups is 1. The van der Waals surface area contributed by atoms with Gasteiger partial charge in [0.25, 0.3) is 0 Å². The molecular formula is C24H31N3O3. The second kappa shape index (κ2) is 10.3. The van der Waals surface area contributed by atoms with E-state index in [1.807, 2.05) is 0 Å². The van der Waals surface area contributed by atoms with Crippen molar-refractivity contribution in [3.8, 4) is 5.75 Å². The molecule has 0 bridgehead atoms. The SMILES string of the molecule is CCC(NC(=O)CN1CCC(C(=O)Nc2ccccc2O)CC1)c1ccc(C)cc1. The van der Waals surface area contributed by atoms with E-state index in [4.69, 9.17) is 0 Å². The Balaban J connectivity index is 1.45. The number of nitrogens with zero attached hydrogens (tertiary/aromatic N) is 1. The van der Waals surface area contributed by atoms with Crippen LogP contribution in [0.5, 0.6) is 5.75 Å². The Labute approximate surface area is 178 Å². The van der Waals surface area contributed by atoms with Crippen molar-refractivity contribution in [1.29, 1.82) is 0 Å². The lowest BCUT2D eigenvalue weighted by molar-refractivity contribution is -0.124. The predicted molar refractivity (Wildman–Crippen MR) is 118 cm³/mol. The third kappa shape index (κ3) is 5.83. The summed E-state index contributed by atoms with van der Waals surface area (Å²) in [5, 5.41) is 15.8. The molecule has 0 radical (unpaired) electrons. The number of likely N-dealkylation sites (tertiary alicyclic amines) is 1. The number of piperidine rings is 1. The first kappa shape index (κ1) is 21.8. The number of phenols is 1. The zero-order valence-corrected chi connectivity index (χ0v) is 17.7. The molecule has 6 heteroatoms. The van der Waals surface area contributed by atoms with E-state index in [1.54, 1.807) is 24.3 Å². The number of carbonyl (C=O) groups excluding carboxylic acids is 2. The first-order valence-electron chi connectivity index (χ1n) is 10.6. The fourth-order valence-corrected chi connectivity index (χ4v) is 3.83. The van der Waals surface area contributed by atoms with Gasteiger partial charge in [0.2, 0.25) is 11.8 Å². The zero-order valence-electron chi connectivity index (χ0n) is 17.7. The van der Waals surface area contributed by atoms with Gasteiger partial charge in [-0.05, 0) is 57.0 Å². The monoisotopic (exact) mass is 409 g/mol. The summed E-state index contributed by atoms with van der Waals surface area (Å²) < 4.78 is 0. The average molecular weight is 410 g/mol. The minimum absolute atomic E-state index is 0.0135. The maximum atomic E-state index is 12.6. The van der Waals surface area contributed by atoms with E-state index in [9.17, 15) is 14.7 Å². The molecule has 1 aliphatic heterocycles. The fourth-order valence-electron chi connectivity index (χ4n) is 3.83. The Morgan fingerprint density at radius 1 is 1.10 bits per heavy atom. The largest absolute Gasteiger partial charge is 0.506 e. The van der Waals surface area contributed by atoms with Gasteiger partial charge in [-0.2, -0.15) is 0 Å². The van der Waals surface area contributed by atoms with Crippen molar-refractivity contribution in [3.63, 3.8) is 0 Å². The Bertz CT molecular complexity index is 858. The van der Waals surface area contributed by atoms with Crippen LogP contribution in [0.25, 0.3) is 0 Å². The van der Waals surface area contributed by atoms with Crippen LogP contribution in [0.15, 0.2) is 48.5 Å². The highest BCUT2D eigenvalue weighted by Gasteiger charge is 2.26. The van der Waals surface area contributed by atoms with Crippen molar-refractivity contribution >= 4 is 17.5 Å². The highest BCUT2D eigenvalue weighted by atomic mass is 16.3. The second-order valence-corrected chi connectivity index (χ2v) is 8.00. The number of anilines is 1. The molecule has 160 valence electrons. The molecule has 6 nitrogen and oxygen atoms in total. The van der Waals surface area contributed by atoms with Gasteiger partial charge in [-0.15, -0.1) is 0 Å². The number of carbonyl (C=O) groups is 2. The van der Waals surface area contributed by atoms with E-state index >= 15 is 0 Å². The number of hydrogen-bond acceptors (Lipinski definition) is 4. The van der Waals surface area contributed by atoms with Crippen molar-refractivity contribution < 1.29 is 14.7 Å². The molecule has 2 amide bonds. The van der Waals surface area contributed by atoms with Crippen LogP contribution >= 0.6 is 0 Å². The third-order valence-electron chi connectivity index (χ3n) is 5.71. The third-order valence-corrected chi connectivity index (χ3v) is 5.71. The molecule has 1 atom stereocenters. The van der Waals surface area contributed by atoms with E-state index in [0.29, 0.717) is 38.2 Å². The highest BCUT2D eigenvalue weighted by molar-refractivity contribution is 5.93. The first-order valence-corrected chi connectivity index (χ1v) is 10.6. The van der Waals surface area contributed by atoms with Crippen LogP contribution < -0.4 is 10.6 Å². The molecule has 0 saturated carbocycles. The molecule has 1 saturated heterocycles. The quantitative estimate of drug-likeness (QED) is 0.610. The summed E-state index contributed by atoms with van der Waals surface area (Å²) in [5.41, 5.74) is 2.76. The van der Waals surface area contributed by atoms with Crippen molar-refractivity contribution in [2.45, 2.75) is 39.2 Å². The van der Waals surface area contributed by atoms with Crippen LogP contribution in [0.1, 0.15) is 43.4 Å². The van der Waals surface area contributed by atoms with Gasteiger partial charge in [-0.3, -0.25) is 14.5 Å². The fraction of sp³-hybridized carbons (Fsp3) is 0.417. The first-order chi connectivity index (χ1) is 14.5. The van der Waals surface area contributed by atoms with Crippen LogP contribution in [0.4, 0.5) is 5.69 Å². The highest BCUT2D eigenvalue weighted by Crippen LogP contribution is 2.25. The summed E-state index contributed by atoms with van der Waals surface area (Å²) in [6.07, 6.45) is 2.23. The number of phenolic OH excluding ortho intramolecular Hbond substituents is 1. The molecule has 1 unspecified atom stereocenters. The summed E-state index contributed by atoms with van der Waals surface area (Å²) in [4.78, 5) is 27.1. The van der Waals surface area contributed by atoms with Crippen molar-refractivity contribution in [2.75, 3.05) is 25.0 Å². The molecule has 3 N–H and O–H groups in total. The molecule has 0 spiro atoms. The molecule has 2 aromatic carbocycles. The van der Waals surface area contributed by atoms with Gasteiger partial charge in [0, 0.05) is 5.92 Å². The van der Waals surface area contributed by atoms with Gasteiger partial charge in [0.1, 0.15) is 5.75 Å². The Morgan fingerprint density at radius 2 is 1.77 bits per heavy atom. The molecule has 1 heterocycles. The van der Waals surface area contributed by atoms with Crippen molar-refractivity contribution in [3.05, 3.63) is 59.7 Å². The molecule has 1 aliphatic rings. The molecule has 2 aromatic rings. The van der Waals surface area contributed by atoms with Crippen LogP contribution in [-0.2, 0) is 9.59 Å². The summed E-state index contributed by atoms with van der Waals surface area (Å²) in [6, 6.07) is 15.0. The number of rotatable bonds is 7. The summed E-state index contributed by atoms with van der Waals surface area (Å²) in [7, 11) is 0. The van der Waals surface area contributed by atoms with Gasteiger partial charge < -0.3 is 15.7 Å². The standard InChI is InChI=1S/C24H31N3O3/c1-3-20(18-10-8-17(2)9-11-18)25-23(29)16-27-14-12-19(13-15-27)24(30)26-21-6-4-5-7-22(21)28/h4-11,19-20,28H,3,12-16H2,1-2H3,(H,25,29)(H,26,30). The minimum atomic E-state index is -0.111. The number of nitrogens with one attached hydrogen (secondary N) is 2. The lowest BCUT2D eigenvalue weighted by atomic mass is 9.95. The number of benzene rings is 2. The minimum Gasteiger partial charge on any atom is -0.506 e. The van der Waals surface area contributed by atoms with Gasteiger partial charge in [0.05, 0.1) is 18.3 Å². The van der Waals surface area contributed by atoms with Crippen LogP contribution in [-0.4, -0.2) is 41.5 Å². The Hall–Kier alpha value is -2.86. The predicted octanol–water partition coefficient (Wildman–Crippen LogP) is 3.62. The Morgan fingerprint density at radius 3 is 2.40 bits per heavy atom. The van der Waals surface area contributed by atoms with Crippen molar-refractivity contribution in [1.82, 2.24) is 10.2 Å². The lowest BCUT2D eigenvalue weighted by Crippen LogP contribution is -2.44. The van der Waals surface area contributed by atoms with E-state index in [-0.39, 0.29) is 29.5 Å². The summed E-state index contributed by atoms with van der Waals surface area (Å²) in [6.45, 7) is 5.87. The number of amides is 2. The zero-order chi connectivity index (χ0) is 21.5. The maximum absolute atomic E-state index is 12.6. The topological polar surface area (TPSA) is 81.7 Å². The van der Waals surface area contributed by atoms with E-state index in [0.717, 1.165) is 12.0 Å². The number of hydrogen-bond donors (Lipinski definition) is 3. The normalized spacial score (nSPS) is 16.1. The molecule has 0 aliphatic carbocycles. The van der Waals surface area contributed by atoms with Crippen LogP contribution in [0, 0.1) is 12.8 Å². The van der Waals surface area contributed by atoms with E-state index in [2.05, 4.69) is 53.6 Å². The average Bonchev–Trinajstić information content (AvgIpc) is 2.75. The molecule has 3 rings (SSSR count). The van der Waals surface area contributed by atoms with E-state index < -0.39 is 0 Å². The summed E-state index contributed by atoms with van der Waals surface area (Å²) in [5.74, 6) is -0.107. The molecule has 1 fully saturated rings. The van der Waals surface area contributed by atoms with Crippen LogP contribution in [0.3, 0.4) is 0 Å². The van der Waals surface area contributed by atoms with E-state index in [1.165, 1.54) is 5.56 Å². The molecule has 30 heavy (non-hydrogen) atoms. The van der Waals surface area contributed by atoms with Gasteiger partial charge >= 0.3 is 0 Å². The number of aryl methyl sites for hydroxylation is 1. The van der Waals surface area contributed by atoms with Gasteiger partial charge in [-0.25, -0.2) is 0 Å². The van der Waals surface area contributed by atoms with Gasteiger partial charge in [0.15, 0.2) is 0 Å². The van der Waals surface area contributed by atoms with Gasteiger partial charge in [-0.1, -0.05) is 48.9 Å². The summed E-state index contributed by atoms with van der Waals surface area (Å²) >= 11 is 0. The smallest absolute Gasteiger partial charge is 0.234 e. The molecule has 0 aromatic heterocycles. The number of para-hydroxylation sites is 2. The van der Waals surface area contributed by atoms with Crippen molar-refractivity contribution in [2.24, 2.45) is 5.92 Å². The lowest BCUT2D eigenvalue weighted by Gasteiger charge is -2.31. The van der Waals surface area contributed by atoms with Crippen LogP contribution in [0.2, 0.25) is 0 Å². The Kier molecular flexibility index (Phi) is 7.46.